The van der Waals surface area contributed by atoms with E-state index in [1.54, 1.807) is 56.6 Å². The highest BCUT2D eigenvalue weighted by molar-refractivity contribution is 6.31. The molecule has 2 aliphatic rings. The number of halogens is 2. The molecule has 0 aliphatic carbocycles. The summed E-state index contributed by atoms with van der Waals surface area (Å²) in [7, 11) is 6.01. The molecule has 0 saturated carbocycles. The lowest BCUT2D eigenvalue weighted by Gasteiger charge is -2.34. The Morgan fingerprint density at radius 1 is 0.637 bits per heavy atom. The van der Waals surface area contributed by atoms with Gasteiger partial charge >= 0.3 is 12.2 Å². The SMILES string of the molecule is CON(C)C(=O)c1cc2nc(N3CCC[C@@H](NC(=O)OC(C)(C)C)C3)n(Cc3ccccc3Cl)c2c(=O)n1C.Cn1c(C(=O)c2ccccc2)cc2nc(N3CCC[C@@H](NC(=O)OC(C)(C)C)C3)n(Cc3ccccc3Cl)c2c1=O. The van der Waals surface area contributed by atoms with Crippen LogP contribution in [0.3, 0.4) is 0 Å². The summed E-state index contributed by atoms with van der Waals surface area (Å²) in [5.74, 6) is 0.411. The van der Waals surface area contributed by atoms with Crippen LogP contribution < -0.4 is 31.6 Å². The van der Waals surface area contributed by atoms with Crippen LogP contribution in [0.25, 0.3) is 22.1 Å². The van der Waals surface area contributed by atoms with Gasteiger partial charge in [-0.3, -0.25) is 24.0 Å². The van der Waals surface area contributed by atoms with Crippen molar-refractivity contribution in [1.29, 1.82) is 0 Å². The maximum Gasteiger partial charge on any atom is 0.407 e. The second kappa shape index (κ2) is 24.4. The summed E-state index contributed by atoms with van der Waals surface area (Å²) in [5, 5.41) is 8.14. The molecule has 20 nitrogen and oxygen atoms in total. The third kappa shape index (κ3) is 13.5. The van der Waals surface area contributed by atoms with Gasteiger partial charge < -0.3 is 48.2 Å². The summed E-state index contributed by atoms with van der Waals surface area (Å²) in [6.07, 6.45) is 2.24. The average molecular weight is 1140 g/mol. The van der Waals surface area contributed by atoms with Crippen LogP contribution in [0.15, 0.2) is 101 Å². The summed E-state index contributed by atoms with van der Waals surface area (Å²) >= 11 is 13.0. The van der Waals surface area contributed by atoms with Gasteiger partial charge in [0, 0.05) is 75.0 Å². The fraction of sp³-hybridized carbons (Fsp3) is 0.414. The third-order valence-corrected chi connectivity index (χ3v) is 14.4. The Kier molecular flexibility index (Phi) is 17.8. The normalized spacial score (nSPS) is 15.8. The van der Waals surface area contributed by atoms with Crippen LogP contribution >= 0.6 is 23.2 Å². The predicted molar refractivity (Wildman–Crippen MR) is 309 cm³/mol. The Morgan fingerprint density at radius 2 is 1.05 bits per heavy atom. The van der Waals surface area contributed by atoms with Gasteiger partial charge in [-0.15, -0.1) is 0 Å². The van der Waals surface area contributed by atoms with E-state index in [4.69, 9.17) is 47.5 Å². The molecule has 22 heteroatoms. The van der Waals surface area contributed by atoms with E-state index in [0.29, 0.717) is 88.8 Å². The molecule has 2 atom stereocenters. The Hall–Kier alpha value is -7.68. The van der Waals surface area contributed by atoms with Crippen molar-refractivity contribution in [2.24, 2.45) is 14.1 Å². The molecule has 2 fully saturated rings. The molecule has 80 heavy (non-hydrogen) atoms. The zero-order valence-corrected chi connectivity index (χ0v) is 48.4. The van der Waals surface area contributed by atoms with Crippen molar-refractivity contribution in [3.8, 4) is 0 Å². The Morgan fingerprint density at radius 3 is 1.48 bits per heavy atom. The number of ketones is 1. The van der Waals surface area contributed by atoms with Gasteiger partial charge in [-0.05, 0) is 103 Å². The van der Waals surface area contributed by atoms with Crippen LogP contribution in [0, 0.1) is 0 Å². The van der Waals surface area contributed by atoms with E-state index in [-0.39, 0.29) is 40.4 Å². The van der Waals surface area contributed by atoms with Crippen LogP contribution in [0.2, 0.25) is 10.0 Å². The molecule has 0 bridgehead atoms. The van der Waals surface area contributed by atoms with Crippen molar-refractivity contribution >= 4 is 81.0 Å². The topological polar surface area (TPSA) is 209 Å². The summed E-state index contributed by atoms with van der Waals surface area (Å²) in [6, 6.07) is 26.7. The highest BCUT2D eigenvalue weighted by Gasteiger charge is 2.32. The summed E-state index contributed by atoms with van der Waals surface area (Å²) < 4.78 is 17.3. The summed E-state index contributed by atoms with van der Waals surface area (Å²) in [4.78, 5) is 97.6. The highest BCUT2D eigenvalue weighted by Crippen LogP contribution is 2.30. The minimum absolute atomic E-state index is 0.147. The monoisotopic (exact) mass is 1130 g/mol. The number of rotatable bonds is 12. The zero-order chi connectivity index (χ0) is 57.8. The smallest absolute Gasteiger partial charge is 0.407 e. The first-order valence-electron chi connectivity index (χ1n) is 26.5. The van der Waals surface area contributed by atoms with Crippen LogP contribution in [0.1, 0.15) is 105 Å². The molecule has 0 unspecified atom stereocenters. The van der Waals surface area contributed by atoms with Crippen molar-refractivity contribution in [3.63, 3.8) is 0 Å². The molecule has 2 aliphatic heterocycles. The minimum atomic E-state index is -0.604. The van der Waals surface area contributed by atoms with Gasteiger partial charge in [-0.1, -0.05) is 89.9 Å². The number of nitrogens with one attached hydrogen (secondary N) is 2. The number of fused-ring (bicyclic) bond motifs is 2. The van der Waals surface area contributed by atoms with E-state index >= 15 is 0 Å². The molecule has 6 heterocycles. The fourth-order valence-corrected chi connectivity index (χ4v) is 10.2. The van der Waals surface area contributed by atoms with Gasteiger partial charge in [0.05, 0.1) is 36.9 Å². The zero-order valence-electron chi connectivity index (χ0n) is 46.8. The number of hydroxylamine groups is 2. The number of aromatic nitrogens is 6. The van der Waals surface area contributed by atoms with E-state index < -0.39 is 29.3 Å². The number of nitrogens with zero attached hydrogens (tertiary/aromatic N) is 9. The first-order chi connectivity index (χ1) is 37.9. The number of ether oxygens (including phenoxy) is 2. The number of imidazole rings is 2. The number of carbonyl (C=O) groups excluding carboxylic acids is 4. The second-order valence-corrected chi connectivity index (χ2v) is 22.8. The molecule has 0 spiro atoms. The van der Waals surface area contributed by atoms with Crippen LogP contribution in [0.5, 0.6) is 0 Å². The number of alkyl carbamates (subject to hydrolysis) is 2. The van der Waals surface area contributed by atoms with Gasteiger partial charge in [0.15, 0.2) is 0 Å². The quantitative estimate of drug-likeness (QED) is 0.0868. The second-order valence-electron chi connectivity index (χ2n) is 22.0. The standard InChI is InChI=1S/C31H34ClN5O4.C27H35ClN6O5/c1-31(2,3)41-30(40)33-22-14-10-16-36(19-22)29-34-24-17-25(27(38)20-11-6-5-7-12-20)35(4)28(39)26(24)37(29)18-21-13-8-9-15-23(21)32;1-27(2,3)39-26(37)29-18-11-9-13-33(16-18)25-30-20-14-21(23(35)32(5)38-6)31(4)24(36)22(20)34(25)15-17-10-7-8-12-19(17)28/h5-9,11-13,15,17,22H,10,14,16,18-19H2,1-4H3,(H,33,40);7-8,10,12,14,18H,9,11,13,15-16H2,1-6H3,(H,29,37)/t22-;18-/m11/s1. The molecule has 424 valence electrons. The first-order valence-corrected chi connectivity index (χ1v) is 27.2. The number of hydrogen-bond donors (Lipinski definition) is 2. The Labute approximate surface area is 474 Å². The number of amides is 3. The first kappa shape index (κ1) is 58.5. The Balaban J connectivity index is 0.000000211. The third-order valence-electron chi connectivity index (χ3n) is 13.7. The Bertz CT molecular complexity index is 3560. The molecule has 0 radical (unpaired) electrons. The van der Waals surface area contributed by atoms with E-state index in [1.807, 2.05) is 104 Å². The van der Waals surface area contributed by atoms with Gasteiger partial charge in [0.25, 0.3) is 17.0 Å². The average Bonchev–Trinajstić information content (AvgIpc) is 4.08. The van der Waals surface area contributed by atoms with Crippen LogP contribution in [-0.2, 0) is 41.5 Å². The minimum Gasteiger partial charge on any atom is -0.444 e. The maximum absolute atomic E-state index is 13.8. The van der Waals surface area contributed by atoms with Gasteiger partial charge in [0.2, 0.25) is 17.7 Å². The molecule has 3 amide bonds. The maximum atomic E-state index is 13.8. The van der Waals surface area contributed by atoms with E-state index in [2.05, 4.69) is 15.5 Å². The van der Waals surface area contributed by atoms with Crippen molar-refractivity contribution in [2.75, 3.05) is 50.1 Å². The molecule has 2 N–H and O–H groups in total. The number of carbonyl (C=O) groups is 4. The fourth-order valence-electron chi connectivity index (χ4n) is 9.84. The molecule has 9 rings (SSSR count). The lowest BCUT2D eigenvalue weighted by molar-refractivity contribution is -0.0763. The lowest BCUT2D eigenvalue weighted by atomic mass is 10.1. The van der Waals surface area contributed by atoms with Crippen molar-refractivity contribution in [2.45, 2.75) is 104 Å². The van der Waals surface area contributed by atoms with Crippen molar-refractivity contribution in [1.82, 2.24) is 43.9 Å². The molecule has 4 aromatic heterocycles. The molecule has 2 saturated heterocycles. The van der Waals surface area contributed by atoms with Gasteiger partial charge in [0.1, 0.15) is 27.9 Å². The lowest BCUT2D eigenvalue weighted by Crippen LogP contribution is -2.49. The number of benzene rings is 3. The van der Waals surface area contributed by atoms with Gasteiger partial charge in [-0.2, -0.15) is 0 Å². The van der Waals surface area contributed by atoms with Crippen molar-refractivity contribution < 1.29 is 33.5 Å². The van der Waals surface area contributed by atoms with E-state index in [1.165, 1.54) is 23.3 Å². The number of anilines is 2. The predicted octanol–water partition coefficient (Wildman–Crippen LogP) is 8.72. The molecular weight excluding hydrogens is 1070 g/mol. The highest BCUT2D eigenvalue weighted by atomic mass is 35.5. The largest absolute Gasteiger partial charge is 0.444 e. The molecule has 3 aromatic carbocycles. The number of pyridine rings is 2. The van der Waals surface area contributed by atoms with E-state index in [9.17, 15) is 28.8 Å². The summed E-state index contributed by atoms with van der Waals surface area (Å²) in [6.45, 7) is 13.9. The van der Waals surface area contributed by atoms with Crippen molar-refractivity contribution in [3.05, 3.63) is 150 Å². The summed E-state index contributed by atoms with van der Waals surface area (Å²) in [5.41, 5.74) is 2.20. The van der Waals surface area contributed by atoms with Crippen LogP contribution in [-0.4, -0.2) is 121 Å². The van der Waals surface area contributed by atoms with E-state index in [0.717, 1.165) is 41.9 Å². The number of piperidine rings is 2. The number of hydrogen-bond acceptors (Lipinski definition) is 13. The molecule has 7 aromatic rings. The van der Waals surface area contributed by atoms with Gasteiger partial charge in [-0.25, -0.2) is 24.6 Å². The van der Waals surface area contributed by atoms with Crippen LogP contribution in [0.4, 0.5) is 21.5 Å². The molecular formula is C58H69Cl2N11O9.